The first-order chi connectivity index (χ1) is 14.5. The lowest BCUT2D eigenvalue weighted by Gasteiger charge is -2.38. The van der Waals surface area contributed by atoms with Crippen LogP contribution in [-0.2, 0) is 19.5 Å². The highest BCUT2D eigenvalue weighted by Gasteiger charge is 2.33. The van der Waals surface area contributed by atoms with Crippen molar-refractivity contribution in [1.82, 2.24) is 25.0 Å². The summed E-state index contributed by atoms with van der Waals surface area (Å²) in [5.74, 6) is 2.60. The molecule has 1 unspecified atom stereocenters. The number of aliphatic imine (C=N–C) groups is 1. The summed E-state index contributed by atoms with van der Waals surface area (Å²) in [5.41, 5.74) is 0.926. The molecule has 2 aliphatic heterocycles. The van der Waals surface area contributed by atoms with Crippen molar-refractivity contribution in [3.8, 4) is 5.75 Å². The van der Waals surface area contributed by atoms with Gasteiger partial charge in [-0.3, -0.25) is 9.56 Å². The summed E-state index contributed by atoms with van der Waals surface area (Å²) in [6, 6.07) is 8.28. The van der Waals surface area contributed by atoms with Gasteiger partial charge in [0.1, 0.15) is 17.2 Å². The van der Waals surface area contributed by atoms with E-state index in [1.165, 1.54) is 0 Å². The van der Waals surface area contributed by atoms with Crippen LogP contribution in [0.5, 0.6) is 5.75 Å². The highest BCUT2D eigenvalue weighted by molar-refractivity contribution is 14.0. The number of halogens is 1. The molecule has 0 amide bonds. The van der Waals surface area contributed by atoms with Crippen molar-refractivity contribution in [3.05, 3.63) is 46.1 Å². The third kappa shape index (κ3) is 5.42. The Labute approximate surface area is 200 Å². The predicted molar refractivity (Wildman–Crippen MR) is 132 cm³/mol. The van der Waals surface area contributed by atoms with Crippen molar-refractivity contribution < 1.29 is 4.74 Å². The number of hydrogen-bond donors (Lipinski definition) is 2. The zero-order chi connectivity index (χ0) is 21.1. The average Bonchev–Trinajstić information content (AvgIpc) is 3.05. The summed E-state index contributed by atoms with van der Waals surface area (Å²) in [4.78, 5) is 16.8. The second-order valence-corrected chi connectivity index (χ2v) is 8.68. The van der Waals surface area contributed by atoms with E-state index >= 15 is 0 Å². The van der Waals surface area contributed by atoms with E-state index in [0.29, 0.717) is 13.1 Å². The number of aryl methyl sites for hydroxylation is 2. The highest BCUT2D eigenvalue weighted by atomic mass is 127. The van der Waals surface area contributed by atoms with E-state index in [2.05, 4.69) is 40.6 Å². The number of hydrogen-bond acceptors (Lipinski definition) is 4. The van der Waals surface area contributed by atoms with Crippen molar-refractivity contribution in [2.75, 3.05) is 13.6 Å². The van der Waals surface area contributed by atoms with Crippen LogP contribution in [0.4, 0.5) is 0 Å². The number of fused-ring (bicyclic) bond motifs is 2. The lowest BCUT2D eigenvalue weighted by atomic mass is 9.90. The van der Waals surface area contributed by atoms with Gasteiger partial charge >= 0.3 is 5.69 Å². The second-order valence-electron chi connectivity index (χ2n) is 8.68. The van der Waals surface area contributed by atoms with Gasteiger partial charge in [0.2, 0.25) is 0 Å². The standard InChI is InChI=1S/C22H32N6O2.HI/c1-22(2)15-17(16-9-4-5-10-18(16)30-22)25-20(23-3)24-12-8-14-28-21(29)27-13-7-6-11-19(27)26-28;/h4-5,9-10,17H,6-8,11-15H2,1-3H3,(H2,23,24,25);1H. The fourth-order valence-corrected chi connectivity index (χ4v) is 4.32. The van der Waals surface area contributed by atoms with Gasteiger partial charge in [0, 0.05) is 45.1 Å². The number of ether oxygens (including phenoxy) is 1. The van der Waals surface area contributed by atoms with Gasteiger partial charge in [-0.15, -0.1) is 24.0 Å². The molecule has 0 bridgehead atoms. The van der Waals surface area contributed by atoms with E-state index in [4.69, 9.17) is 4.74 Å². The number of benzene rings is 1. The first-order valence-corrected chi connectivity index (χ1v) is 10.9. The molecule has 4 rings (SSSR count). The summed E-state index contributed by atoms with van der Waals surface area (Å²) < 4.78 is 9.54. The molecule has 2 aliphatic rings. The van der Waals surface area contributed by atoms with Crippen LogP contribution in [0.2, 0.25) is 0 Å². The van der Waals surface area contributed by atoms with Gasteiger partial charge in [0.15, 0.2) is 5.96 Å². The summed E-state index contributed by atoms with van der Waals surface area (Å²) in [6.07, 6.45) is 4.73. The van der Waals surface area contributed by atoms with Crippen molar-refractivity contribution >= 4 is 29.9 Å². The molecular weight excluding hydrogens is 507 g/mol. The Hall–Kier alpha value is -2.04. The normalized spacial score (nSPS) is 19.5. The second kappa shape index (κ2) is 10.1. The first-order valence-electron chi connectivity index (χ1n) is 10.9. The fraction of sp³-hybridized carbons (Fsp3) is 0.591. The van der Waals surface area contributed by atoms with Crippen LogP contribution in [0.15, 0.2) is 34.1 Å². The van der Waals surface area contributed by atoms with Gasteiger partial charge in [-0.1, -0.05) is 18.2 Å². The maximum absolute atomic E-state index is 12.4. The van der Waals surface area contributed by atoms with Crippen LogP contribution in [0.25, 0.3) is 0 Å². The molecule has 1 aromatic heterocycles. The maximum Gasteiger partial charge on any atom is 0.345 e. The highest BCUT2D eigenvalue weighted by Crippen LogP contribution is 2.39. The molecule has 2 aromatic rings. The Morgan fingerprint density at radius 2 is 2.13 bits per heavy atom. The Morgan fingerprint density at radius 1 is 1.32 bits per heavy atom. The van der Waals surface area contributed by atoms with Gasteiger partial charge in [0.05, 0.1) is 6.04 Å². The van der Waals surface area contributed by atoms with Crippen LogP contribution in [0, 0.1) is 0 Å². The molecule has 31 heavy (non-hydrogen) atoms. The number of nitrogens with zero attached hydrogens (tertiary/aromatic N) is 4. The topological polar surface area (TPSA) is 85.5 Å². The van der Waals surface area contributed by atoms with Gasteiger partial charge in [0.25, 0.3) is 0 Å². The fourth-order valence-electron chi connectivity index (χ4n) is 4.32. The molecule has 0 fully saturated rings. The molecule has 0 saturated heterocycles. The molecule has 1 atom stereocenters. The van der Waals surface area contributed by atoms with E-state index in [1.54, 1.807) is 11.7 Å². The molecule has 8 nitrogen and oxygen atoms in total. The third-order valence-electron chi connectivity index (χ3n) is 5.78. The number of guanidine groups is 1. The van der Waals surface area contributed by atoms with Gasteiger partial charge < -0.3 is 15.4 Å². The van der Waals surface area contributed by atoms with E-state index in [9.17, 15) is 4.79 Å². The molecular formula is C22H33IN6O2. The molecule has 0 radical (unpaired) electrons. The zero-order valence-corrected chi connectivity index (χ0v) is 20.9. The zero-order valence-electron chi connectivity index (χ0n) is 18.6. The molecule has 0 saturated carbocycles. The number of aromatic nitrogens is 3. The average molecular weight is 540 g/mol. The van der Waals surface area contributed by atoms with Crippen LogP contribution in [0.3, 0.4) is 0 Å². The van der Waals surface area contributed by atoms with Crippen molar-refractivity contribution in [3.63, 3.8) is 0 Å². The molecule has 3 heterocycles. The molecule has 1 aromatic carbocycles. The van der Waals surface area contributed by atoms with Crippen molar-refractivity contribution in [2.24, 2.45) is 4.99 Å². The Bertz CT molecular complexity index is 981. The molecule has 0 aliphatic carbocycles. The number of nitrogens with one attached hydrogen (secondary N) is 2. The maximum atomic E-state index is 12.4. The van der Waals surface area contributed by atoms with E-state index < -0.39 is 0 Å². The summed E-state index contributed by atoms with van der Waals surface area (Å²) in [5, 5.41) is 11.4. The minimum absolute atomic E-state index is 0. The smallest absolute Gasteiger partial charge is 0.345 e. The SMILES string of the molecule is CN=C(NCCCn1nc2n(c1=O)CCCC2)NC1CC(C)(C)Oc2ccccc21.I. The van der Waals surface area contributed by atoms with Crippen LogP contribution in [-0.4, -0.2) is 39.5 Å². The van der Waals surface area contributed by atoms with E-state index in [1.807, 2.05) is 22.8 Å². The van der Waals surface area contributed by atoms with Crippen LogP contribution >= 0.6 is 24.0 Å². The van der Waals surface area contributed by atoms with Crippen molar-refractivity contribution in [1.29, 1.82) is 0 Å². The summed E-state index contributed by atoms with van der Waals surface area (Å²) in [7, 11) is 1.78. The van der Waals surface area contributed by atoms with Crippen molar-refractivity contribution in [2.45, 2.75) is 70.7 Å². The molecule has 9 heteroatoms. The summed E-state index contributed by atoms with van der Waals surface area (Å²) in [6.45, 7) is 6.33. The molecule has 2 N–H and O–H groups in total. The van der Waals surface area contributed by atoms with Gasteiger partial charge in [-0.2, -0.15) is 5.10 Å². The minimum Gasteiger partial charge on any atom is -0.487 e. The molecule has 170 valence electrons. The number of rotatable bonds is 5. The summed E-state index contributed by atoms with van der Waals surface area (Å²) >= 11 is 0. The van der Waals surface area contributed by atoms with E-state index in [0.717, 1.165) is 61.7 Å². The minimum atomic E-state index is -0.244. The Morgan fingerprint density at radius 3 is 2.90 bits per heavy atom. The molecule has 0 spiro atoms. The first kappa shape index (κ1) is 23.6. The lowest BCUT2D eigenvalue weighted by Crippen LogP contribution is -2.45. The van der Waals surface area contributed by atoms with Gasteiger partial charge in [-0.05, 0) is 39.2 Å². The Kier molecular flexibility index (Phi) is 7.66. The lowest BCUT2D eigenvalue weighted by molar-refractivity contribution is 0.0694. The van der Waals surface area contributed by atoms with Crippen LogP contribution in [0.1, 0.15) is 57.0 Å². The van der Waals surface area contributed by atoms with Gasteiger partial charge in [-0.25, -0.2) is 9.48 Å². The van der Waals surface area contributed by atoms with Crippen LogP contribution < -0.4 is 21.1 Å². The number of para-hydroxylation sites is 1. The quantitative estimate of drug-likeness (QED) is 0.264. The monoisotopic (exact) mass is 540 g/mol. The predicted octanol–water partition coefficient (Wildman–Crippen LogP) is 2.86. The third-order valence-corrected chi connectivity index (χ3v) is 5.78. The largest absolute Gasteiger partial charge is 0.487 e. The van der Waals surface area contributed by atoms with E-state index in [-0.39, 0.29) is 41.3 Å². The Balaban J connectivity index is 0.00000272.